The molecule has 1 heterocycles. The summed E-state index contributed by atoms with van der Waals surface area (Å²) in [6.07, 6.45) is 0.693. The zero-order valence-corrected chi connectivity index (χ0v) is 20.2. The van der Waals surface area contributed by atoms with Crippen molar-refractivity contribution in [3.8, 4) is 17.2 Å². The Morgan fingerprint density at radius 1 is 0.914 bits per heavy atom. The second-order valence-electron chi connectivity index (χ2n) is 8.09. The zero-order valence-electron chi connectivity index (χ0n) is 20.2. The molecule has 0 saturated heterocycles. The van der Waals surface area contributed by atoms with Crippen molar-refractivity contribution in [3.63, 3.8) is 0 Å². The number of esters is 1. The first-order chi connectivity index (χ1) is 17.0. The Balaban J connectivity index is 1.63. The van der Waals surface area contributed by atoms with E-state index < -0.39 is 0 Å². The van der Waals surface area contributed by atoms with Crippen molar-refractivity contribution in [1.82, 2.24) is 4.90 Å². The number of hydrogen-bond acceptors (Lipinski definition) is 6. The van der Waals surface area contributed by atoms with Gasteiger partial charge in [0.1, 0.15) is 12.4 Å². The van der Waals surface area contributed by atoms with Crippen molar-refractivity contribution >= 4 is 11.9 Å². The first-order valence-electron chi connectivity index (χ1n) is 11.6. The number of amides is 1. The molecule has 1 atom stereocenters. The normalized spacial score (nSPS) is 14.6. The first kappa shape index (κ1) is 24.1. The van der Waals surface area contributed by atoms with Gasteiger partial charge in [0, 0.05) is 12.1 Å². The molecule has 3 aromatic carbocycles. The zero-order chi connectivity index (χ0) is 24.8. The predicted molar refractivity (Wildman–Crippen MR) is 131 cm³/mol. The summed E-state index contributed by atoms with van der Waals surface area (Å²) in [4.78, 5) is 27.2. The molecule has 35 heavy (non-hydrogen) atoms. The number of carbonyl (C=O) groups is 2. The lowest BCUT2D eigenvalue weighted by atomic mass is 9.91. The van der Waals surface area contributed by atoms with Crippen LogP contribution in [0, 0.1) is 0 Å². The van der Waals surface area contributed by atoms with E-state index in [2.05, 4.69) is 0 Å². The molecule has 182 valence electrons. The standard InChI is InChI=1S/C28H29NO6/c1-4-34-28(31)20-10-12-22(13-11-20)35-18-24-23-17-26(33-3)25(32-2)16-21(23)14-15-29(24)27(30)19-8-6-5-7-9-19/h5-13,16-17,24H,4,14-15,18H2,1-3H3. The van der Waals surface area contributed by atoms with Gasteiger partial charge in [0.2, 0.25) is 0 Å². The minimum Gasteiger partial charge on any atom is -0.493 e. The second kappa shape index (κ2) is 11.0. The van der Waals surface area contributed by atoms with Crippen molar-refractivity contribution in [2.45, 2.75) is 19.4 Å². The van der Waals surface area contributed by atoms with Gasteiger partial charge in [-0.15, -0.1) is 0 Å². The minimum atomic E-state index is -0.374. The maximum atomic E-state index is 13.5. The average molecular weight is 476 g/mol. The van der Waals surface area contributed by atoms with Gasteiger partial charge in [-0.25, -0.2) is 4.79 Å². The molecule has 1 aliphatic heterocycles. The molecule has 0 N–H and O–H groups in total. The van der Waals surface area contributed by atoms with Crippen LogP contribution >= 0.6 is 0 Å². The molecule has 3 aromatic rings. The van der Waals surface area contributed by atoms with Crippen molar-refractivity contribution in [3.05, 3.63) is 89.0 Å². The number of hydrogen-bond donors (Lipinski definition) is 0. The molecule has 0 saturated carbocycles. The van der Waals surface area contributed by atoms with Gasteiger partial charge in [-0.1, -0.05) is 18.2 Å². The number of carbonyl (C=O) groups excluding carboxylic acids is 2. The Kier molecular flexibility index (Phi) is 7.55. The molecule has 0 fully saturated rings. The predicted octanol–water partition coefficient (Wildman–Crippen LogP) is 4.70. The SMILES string of the molecule is CCOC(=O)c1ccc(OCC2c3cc(OC)c(OC)cc3CCN2C(=O)c2ccccc2)cc1. The molecule has 0 bridgehead atoms. The van der Waals surface area contributed by atoms with Crippen LogP contribution in [0.3, 0.4) is 0 Å². The van der Waals surface area contributed by atoms with Crippen LogP contribution in [0.25, 0.3) is 0 Å². The molecule has 7 nitrogen and oxygen atoms in total. The first-order valence-corrected chi connectivity index (χ1v) is 11.6. The highest BCUT2D eigenvalue weighted by Gasteiger charge is 2.33. The highest BCUT2D eigenvalue weighted by Crippen LogP contribution is 2.39. The van der Waals surface area contributed by atoms with E-state index in [1.54, 1.807) is 45.4 Å². The number of fused-ring (bicyclic) bond motifs is 1. The topological polar surface area (TPSA) is 74.3 Å². The maximum absolute atomic E-state index is 13.5. The lowest BCUT2D eigenvalue weighted by molar-refractivity contribution is 0.0524. The minimum absolute atomic E-state index is 0.0581. The van der Waals surface area contributed by atoms with Crippen molar-refractivity contribution in [1.29, 1.82) is 0 Å². The van der Waals surface area contributed by atoms with Crippen LogP contribution in [0.15, 0.2) is 66.7 Å². The fraction of sp³-hybridized carbons (Fsp3) is 0.286. The van der Waals surface area contributed by atoms with Gasteiger partial charge < -0.3 is 23.8 Å². The lowest BCUT2D eigenvalue weighted by Gasteiger charge is -2.37. The van der Waals surface area contributed by atoms with E-state index >= 15 is 0 Å². The summed E-state index contributed by atoms with van der Waals surface area (Å²) >= 11 is 0. The van der Waals surface area contributed by atoms with Crippen LogP contribution in [0.4, 0.5) is 0 Å². The summed E-state index contributed by atoms with van der Waals surface area (Å²) in [6.45, 7) is 2.87. The maximum Gasteiger partial charge on any atom is 0.338 e. The highest BCUT2D eigenvalue weighted by molar-refractivity contribution is 5.94. The quantitative estimate of drug-likeness (QED) is 0.440. The molecule has 0 radical (unpaired) electrons. The van der Waals surface area contributed by atoms with E-state index in [-0.39, 0.29) is 24.5 Å². The van der Waals surface area contributed by atoms with Crippen molar-refractivity contribution in [2.24, 2.45) is 0 Å². The Morgan fingerprint density at radius 2 is 1.60 bits per heavy atom. The number of nitrogens with zero attached hydrogens (tertiary/aromatic N) is 1. The molecule has 1 amide bonds. The van der Waals surface area contributed by atoms with E-state index in [1.165, 1.54) is 0 Å². The van der Waals surface area contributed by atoms with Gasteiger partial charge in [-0.2, -0.15) is 0 Å². The summed E-state index contributed by atoms with van der Waals surface area (Å²) in [7, 11) is 3.20. The van der Waals surface area contributed by atoms with Gasteiger partial charge in [0.15, 0.2) is 11.5 Å². The van der Waals surface area contributed by atoms with Crippen LogP contribution in [-0.4, -0.2) is 50.8 Å². The summed E-state index contributed by atoms with van der Waals surface area (Å²) < 4.78 is 22.2. The van der Waals surface area contributed by atoms with E-state index in [0.717, 1.165) is 11.1 Å². The van der Waals surface area contributed by atoms with E-state index in [0.29, 0.717) is 47.9 Å². The number of methoxy groups -OCH3 is 2. The molecule has 0 aliphatic carbocycles. The van der Waals surface area contributed by atoms with Crippen molar-refractivity contribution < 1.29 is 28.5 Å². The summed E-state index contributed by atoms with van der Waals surface area (Å²) in [5.41, 5.74) is 3.13. The summed E-state index contributed by atoms with van der Waals surface area (Å²) in [6, 6.07) is 19.6. The van der Waals surface area contributed by atoms with Crippen LogP contribution in [0.1, 0.15) is 44.8 Å². The molecule has 1 aliphatic rings. The van der Waals surface area contributed by atoms with Gasteiger partial charge >= 0.3 is 5.97 Å². The van der Waals surface area contributed by atoms with Crippen LogP contribution in [0.5, 0.6) is 17.2 Å². The fourth-order valence-corrected chi connectivity index (χ4v) is 4.27. The Hall–Kier alpha value is -4.00. The summed E-state index contributed by atoms with van der Waals surface area (Å²) in [5.74, 6) is 1.42. The molecule has 0 aromatic heterocycles. The van der Waals surface area contributed by atoms with E-state index in [9.17, 15) is 9.59 Å². The average Bonchev–Trinajstić information content (AvgIpc) is 2.91. The summed E-state index contributed by atoms with van der Waals surface area (Å²) in [5, 5.41) is 0. The molecule has 4 rings (SSSR count). The third-order valence-corrected chi connectivity index (χ3v) is 6.06. The van der Waals surface area contributed by atoms with Gasteiger partial charge in [-0.3, -0.25) is 4.79 Å². The fourth-order valence-electron chi connectivity index (χ4n) is 4.27. The van der Waals surface area contributed by atoms with Crippen molar-refractivity contribution in [2.75, 3.05) is 34.0 Å². The van der Waals surface area contributed by atoms with Crippen LogP contribution in [0.2, 0.25) is 0 Å². The van der Waals surface area contributed by atoms with Crippen LogP contribution < -0.4 is 14.2 Å². The smallest absolute Gasteiger partial charge is 0.338 e. The van der Waals surface area contributed by atoms with Gasteiger partial charge in [-0.05, 0) is 73.0 Å². The largest absolute Gasteiger partial charge is 0.493 e. The third kappa shape index (κ3) is 5.24. The molecule has 0 spiro atoms. The molecular weight excluding hydrogens is 446 g/mol. The molecule has 1 unspecified atom stereocenters. The van der Waals surface area contributed by atoms with Gasteiger partial charge in [0.25, 0.3) is 5.91 Å². The Bertz CT molecular complexity index is 1180. The molecular formula is C28H29NO6. The van der Waals surface area contributed by atoms with E-state index in [1.807, 2.05) is 47.4 Å². The number of rotatable bonds is 8. The molecule has 7 heteroatoms. The Labute approximate surface area is 205 Å². The third-order valence-electron chi connectivity index (χ3n) is 6.06. The monoisotopic (exact) mass is 475 g/mol. The van der Waals surface area contributed by atoms with Gasteiger partial charge in [0.05, 0.1) is 32.4 Å². The number of benzene rings is 3. The lowest BCUT2D eigenvalue weighted by Crippen LogP contribution is -2.42. The van der Waals surface area contributed by atoms with Crippen LogP contribution in [-0.2, 0) is 11.2 Å². The Morgan fingerprint density at radius 3 is 2.26 bits per heavy atom. The number of ether oxygens (including phenoxy) is 4. The second-order valence-corrected chi connectivity index (χ2v) is 8.09. The van der Waals surface area contributed by atoms with E-state index in [4.69, 9.17) is 18.9 Å². The highest BCUT2D eigenvalue weighted by atomic mass is 16.5.